The average Bonchev–Trinajstić information content (AvgIpc) is 2.29. The number of fused-ring (bicyclic) bond motifs is 1. The Morgan fingerprint density at radius 1 is 1.64 bits per heavy atom. The SMILES string of the molecule is C[C@]12CCC[C@@H](Br)C1[C@@]2(F)Cl. The molecule has 11 heavy (non-hydrogen) atoms. The van der Waals surface area contributed by atoms with E-state index in [4.69, 9.17) is 11.6 Å². The van der Waals surface area contributed by atoms with E-state index in [1.165, 1.54) is 0 Å². The van der Waals surface area contributed by atoms with Crippen LogP contribution >= 0.6 is 27.5 Å². The molecule has 0 aromatic rings. The van der Waals surface area contributed by atoms with E-state index in [9.17, 15) is 4.39 Å². The monoisotopic (exact) mass is 240 g/mol. The van der Waals surface area contributed by atoms with Gasteiger partial charge >= 0.3 is 0 Å². The van der Waals surface area contributed by atoms with E-state index in [2.05, 4.69) is 15.9 Å². The molecule has 3 heteroatoms. The first-order valence-electron chi connectivity index (χ1n) is 4.02. The van der Waals surface area contributed by atoms with Crippen LogP contribution in [0.3, 0.4) is 0 Å². The highest BCUT2D eigenvalue weighted by atomic mass is 79.9. The van der Waals surface area contributed by atoms with Gasteiger partial charge in [-0.3, -0.25) is 0 Å². The molecule has 0 aromatic heterocycles. The zero-order valence-electron chi connectivity index (χ0n) is 6.41. The van der Waals surface area contributed by atoms with Crippen LogP contribution in [0, 0.1) is 11.3 Å². The third-order valence-corrected chi connectivity index (χ3v) is 4.95. The first-order valence-corrected chi connectivity index (χ1v) is 5.31. The molecule has 0 aromatic carbocycles. The summed E-state index contributed by atoms with van der Waals surface area (Å²) in [7, 11) is 0. The number of alkyl halides is 3. The fourth-order valence-corrected chi connectivity index (χ4v) is 4.37. The van der Waals surface area contributed by atoms with Gasteiger partial charge in [-0.25, -0.2) is 4.39 Å². The van der Waals surface area contributed by atoms with Crippen molar-refractivity contribution in [2.75, 3.05) is 0 Å². The number of hydrogen-bond acceptors (Lipinski definition) is 0. The number of hydrogen-bond donors (Lipinski definition) is 0. The van der Waals surface area contributed by atoms with E-state index in [1.54, 1.807) is 0 Å². The maximum Gasteiger partial charge on any atom is 0.193 e. The van der Waals surface area contributed by atoms with Crippen molar-refractivity contribution in [2.24, 2.45) is 11.3 Å². The average molecular weight is 242 g/mol. The Kier molecular flexibility index (Phi) is 1.61. The molecule has 0 N–H and O–H groups in total. The van der Waals surface area contributed by atoms with E-state index in [0.717, 1.165) is 19.3 Å². The minimum absolute atomic E-state index is 0.0467. The lowest BCUT2D eigenvalue weighted by atomic mass is 9.90. The molecule has 0 aliphatic heterocycles. The molecule has 2 fully saturated rings. The summed E-state index contributed by atoms with van der Waals surface area (Å²) in [5.41, 5.74) is -0.235. The van der Waals surface area contributed by atoms with Crippen molar-refractivity contribution < 1.29 is 4.39 Å². The van der Waals surface area contributed by atoms with Crippen molar-refractivity contribution in [1.29, 1.82) is 0 Å². The Morgan fingerprint density at radius 2 is 2.27 bits per heavy atom. The van der Waals surface area contributed by atoms with Gasteiger partial charge in [0.25, 0.3) is 0 Å². The van der Waals surface area contributed by atoms with E-state index in [-0.39, 0.29) is 11.3 Å². The summed E-state index contributed by atoms with van der Waals surface area (Å²) in [4.78, 5) is 0.295. The molecule has 4 atom stereocenters. The highest BCUT2D eigenvalue weighted by Crippen LogP contribution is 2.74. The van der Waals surface area contributed by atoms with Crippen molar-refractivity contribution in [3.05, 3.63) is 0 Å². The summed E-state index contributed by atoms with van der Waals surface area (Å²) in [5.74, 6) is 0.0467. The lowest BCUT2D eigenvalue weighted by molar-refractivity contribution is 0.313. The topological polar surface area (TPSA) is 0 Å². The molecule has 0 radical (unpaired) electrons. The van der Waals surface area contributed by atoms with Crippen LogP contribution in [0.4, 0.5) is 4.39 Å². The molecular weight excluding hydrogens is 230 g/mol. The van der Waals surface area contributed by atoms with E-state index >= 15 is 0 Å². The van der Waals surface area contributed by atoms with Crippen LogP contribution in [-0.4, -0.2) is 9.96 Å². The molecule has 1 unspecified atom stereocenters. The molecule has 2 aliphatic rings. The van der Waals surface area contributed by atoms with Gasteiger partial charge in [-0.05, 0) is 12.8 Å². The second-order valence-corrected chi connectivity index (χ2v) is 5.65. The molecule has 0 bridgehead atoms. The molecule has 0 spiro atoms. The summed E-state index contributed by atoms with van der Waals surface area (Å²) < 4.78 is 13.5. The highest BCUT2D eigenvalue weighted by molar-refractivity contribution is 9.09. The van der Waals surface area contributed by atoms with Gasteiger partial charge < -0.3 is 0 Å². The zero-order valence-corrected chi connectivity index (χ0v) is 8.75. The maximum absolute atomic E-state index is 13.5. The van der Waals surface area contributed by atoms with E-state index in [1.807, 2.05) is 6.92 Å². The van der Waals surface area contributed by atoms with Crippen LogP contribution < -0.4 is 0 Å². The third-order valence-electron chi connectivity index (χ3n) is 3.29. The molecule has 0 amide bonds. The van der Waals surface area contributed by atoms with Crippen molar-refractivity contribution in [3.63, 3.8) is 0 Å². The van der Waals surface area contributed by atoms with Crippen molar-refractivity contribution in [2.45, 2.75) is 36.1 Å². The largest absolute Gasteiger partial charge is 0.225 e. The molecular formula is C8H11BrClF. The van der Waals surface area contributed by atoms with E-state index in [0.29, 0.717) is 4.83 Å². The number of halogens is 3. The number of rotatable bonds is 0. The summed E-state index contributed by atoms with van der Waals surface area (Å²) in [6, 6.07) is 0. The second-order valence-electron chi connectivity index (χ2n) is 3.93. The summed E-state index contributed by atoms with van der Waals surface area (Å²) in [6.45, 7) is 1.96. The van der Waals surface area contributed by atoms with Crippen molar-refractivity contribution >= 4 is 27.5 Å². The predicted octanol–water partition coefficient (Wildman–Crippen LogP) is 3.47. The fraction of sp³-hybridized carbons (Fsp3) is 1.00. The molecule has 2 rings (SSSR count). The van der Waals surface area contributed by atoms with Gasteiger partial charge in [-0.2, -0.15) is 0 Å². The van der Waals surface area contributed by atoms with Gasteiger partial charge in [0, 0.05) is 16.2 Å². The Hall–Kier alpha value is 0.700. The minimum Gasteiger partial charge on any atom is -0.225 e. The second kappa shape index (κ2) is 2.14. The smallest absolute Gasteiger partial charge is 0.193 e. The van der Waals surface area contributed by atoms with Crippen molar-refractivity contribution in [3.8, 4) is 0 Å². The Bertz CT molecular complexity index is 195. The van der Waals surface area contributed by atoms with Gasteiger partial charge in [-0.1, -0.05) is 40.9 Å². The molecule has 2 saturated carbocycles. The predicted molar refractivity (Wildman–Crippen MR) is 47.9 cm³/mol. The van der Waals surface area contributed by atoms with Gasteiger partial charge in [0.1, 0.15) is 0 Å². The van der Waals surface area contributed by atoms with Gasteiger partial charge in [0.2, 0.25) is 0 Å². The molecule has 0 saturated heterocycles. The van der Waals surface area contributed by atoms with Crippen LogP contribution in [-0.2, 0) is 0 Å². The van der Waals surface area contributed by atoms with Crippen molar-refractivity contribution in [1.82, 2.24) is 0 Å². The van der Waals surface area contributed by atoms with Crippen LogP contribution in [0.25, 0.3) is 0 Å². The zero-order chi connectivity index (χ0) is 8.28. The lowest BCUT2D eigenvalue weighted by Crippen LogP contribution is -2.14. The molecule has 64 valence electrons. The lowest BCUT2D eigenvalue weighted by Gasteiger charge is -2.19. The molecule has 0 heterocycles. The van der Waals surface area contributed by atoms with Crippen LogP contribution in [0.5, 0.6) is 0 Å². The summed E-state index contributed by atoms with van der Waals surface area (Å²) >= 11 is 9.23. The van der Waals surface area contributed by atoms with Crippen LogP contribution in [0.1, 0.15) is 26.2 Å². The highest BCUT2D eigenvalue weighted by Gasteiger charge is 2.77. The standard InChI is InChI=1S/C8H11BrClF/c1-7-4-2-3-5(9)6(7)8(7,10)11/h5-6H,2-4H2,1H3/t5-,6?,7+,8+/m1/s1. The van der Waals surface area contributed by atoms with Crippen LogP contribution in [0.15, 0.2) is 0 Å². The fourth-order valence-electron chi connectivity index (χ4n) is 2.40. The minimum atomic E-state index is -1.42. The molecule has 2 aliphatic carbocycles. The Labute approximate surface area is 79.6 Å². The van der Waals surface area contributed by atoms with E-state index < -0.39 is 5.13 Å². The normalized spacial score (nSPS) is 62.2. The molecule has 0 nitrogen and oxygen atoms in total. The summed E-state index contributed by atoms with van der Waals surface area (Å²) in [6.07, 6.45) is 3.11. The Morgan fingerprint density at radius 3 is 2.73 bits per heavy atom. The summed E-state index contributed by atoms with van der Waals surface area (Å²) in [5, 5.41) is -1.42. The van der Waals surface area contributed by atoms with Gasteiger partial charge in [0.05, 0.1) is 0 Å². The van der Waals surface area contributed by atoms with Gasteiger partial charge in [0.15, 0.2) is 5.13 Å². The maximum atomic E-state index is 13.5. The van der Waals surface area contributed by atoms with Crippen LogP contribution in [0.2, 0.25) is 0 Å². The Balaban J connectivity index is 2.23. The first-order chi connectivity index (χ1) is 5.00. The first kappa shape index (κ1) is 8.31. The quantitative estimate of drug-likeness (QED) is 0.570. The third kappa shape index (κ3) is 0.859. The van der Waals surface area contributed by atoms with Gasteiger partial charge in [-0.15, -0.1) is 0 Å².